The lowest BCUT2D eigenvalue weighted by molar-refractivity contribution is 0.0825. The number of carbonyl (C=O) groups excluding carboxylic acids is 2. The van der Waals surface area contributed by atoms with Gasteiger partial charge in [-0.05, 0) is 30.9 Å². The summed E-state index contributed by atoms with van der Waals surface area (Å²) in [6, 6.07) is 8.12. The molecule has 8 heteroatoms. The Morgan fingerprint density at radius 1 is 1.30 bits per heavy atom. The van der Waals surface area contributed by atoms with Crippen LogP contribution >= 0.6 is 0 Å². The summed E-state index contributed by atoms with van der Waals surface area (Å²) in [6.07, 6.45) is 6.19. The van der Waals surface area contributed by atoms with E-state index in [9.17, 15) is 9.59 Å². The third-order valence-electron chi connectivity index (χ3n) is 5.77. The quantitative estimate of drug-likeness (QED) is 0.605. The molecule has 1 saturated heterocycles. The number of amides is 3. The summed E-state index contributed by atoms with van der Waals surface area (Å²) in [5.41, 5.74) is 3.73. The van der Waals surface area contributed by atoms with E-state index in [1.807, 2.05) is 23.2 Å². The molecule has 3 aromatic rings. The normalized spacial score (nSPS) is 16.6. The number of urea groups is 1. The zero-order valence-electron chi connectivity index (χ0n) is 17.4. The molecule has 30 heavy (non-hydrogen) atoms. The maximum absolute atomic E-state index is 12.7. The van der Waals surface area contributed by atoms with Gasteiger partial charge in [0.25, 0.3) is 5.91 Å². The van der Waals surface area contributed by atoms with E-state index < -0.39 is 0 Å². The number of hydrogen-bond acceptors (Lipinski definition) is 3. The van der Waals surface area contributed by atoms with Gasteiger partial charge in [-0.2, -0.15) is 5.10 Å². The fourth-order valence-electron chi connectivity index (χ4n) is 4.17. The van der Waals surface area contributed by atoms with E-state index in [1.165, 1.54) is 10.9 Å². The molecular weight excluding hydrogens is 380 g/mol. The van der Waals surface area contributed by atoms with Crippen molar-refractivity contribution in [1.29, 1.82) is 0 Å². The number of fused-ring (bicyclic) bond motifs is 1. The number of benzene rings is 1. The maximum Gasteiger partial charge on any atom is 0.317 e. The van der Waals surface area contributed by atoms with Crippen molar-refractivity contribution >= 4 is 22.8 Å². The number of aromatic amines is 2. The number of likely N-dealkylation sites (tertiary alicyclic amines) is 1. The van der Waals surface area contributed by atoms with Crippen LogP contribution in [0.4, 0.5) is 4.79 Å². The fourth-order valence-corrected chi connectivity index (χ4v) is 4.17. The SMILES string of the molecule is CN(C)C(=O)c1cn[nH]c1C1CCCN(C(=O)NCCc2c[nH]c3ccccc23)C1. The standard InChI is InChI=1S/C22H28N6O2/c1-27(2)21(29)18-13-25-26-20(18)16-6-5-11-28(14-16)22(30)23-10-9-15-12-24-19-8-4-3-7-17(15)19/h3-4,7-8,12-13,16,24H,5-6,9-11,14H2,1-2H3,(H,23,30)(H,25,26). The molecule has 8 nitrogen and oxygen atoms in total. The maximum atomic E-state index is 12.7. The molecule has 158 valence electrons. The Balaban J connectivity index is 1.35. The Hall–Kier alpha value is -3.29. The van der Waals surface area contributed by atoms with E-state index in [0.29, 0.717) is 18.7 Å². The third-order valence-corrected chi connectivity index (χ3v) is 5.77. The second-order valence-corrected chi connectivity index (χ2v) is 8.02. The molecule has 0 spiro atoms. The van der Waals surface area contributed by atoms with Gasteiger partial charge in [0.05, 0.1) is 17.5 Å². The highest BCUT2D eigenvalue weighted by Crippen LogP contribution is 2.28. The van der Waals surface area contributed by atoms with Crippen molar-refractivity contribution < 1.29 is 9.59 Å². The molecule has 1 aliphatic rings. The van der Waals surface area contributed by atoms with E-state index in [4.69, 9.17) is 0 Å². The first-order chi connectivity index (χ1) is 14.5. The number of rotatable bonds is 5. The molecule has 1 atom stereocenters. The smallest absolute Gasteiger partial charge is 0.317 e. The zero-order valence-corrected chi connectivity index (χ0v) is 17.4. The van der Waals surface area contributed by atoms with Crippen molar-refractivity contribution in [2.24, 2.45) is 0 Å². The molecule has 1 aromatic carbocycles. The highest BCUT2D eigenvalue weighted by molar-refractivity contribution is 5.95. The summed E-state index contributed by atoms with van der Waals surface area (Å²) in [6.45, 7) is 1.88. The number of para-hydroxylation sites is 1. The number of piperidine rings is 1. The summed E-state index contributed by atoms with van der Waals surface area (Å²) in [4.78, 5) is 31.8. The molecular formula is C22H28N6O2. The number of nitrogens with zero attached hydrogens (tertiary/aromatic N) is 3. The van der Waals surface area contributed by atoms with Crippen LogP contribution in [0.1, 0.15) is 40.4 Å². The lowest BCUT2D eigenvalue weighted by Gasteiger charge is -2.32. The molecule has 3 heterocycles. The van der Waals surface area contributed by atoms with Gasteiger partial charge in [-0.1, -0.05) is 18.2 Å². The summed E-state index contributed by atoms with van der Waals surface area (Å²) in [5.74, 6) is 0.0126. The Kier molecular flexibility index (Phi) is 5.74. The monoisotopic (exact) mass is 408 g/mol. The topological polar surface area (TPSA) is 97.1 Å². The summed E-state index contributed by atoms with van der Waals surface area (Å²) >= 11 is 0. The fraction of sp³-hybridized carbons (Fsp3) is 0.409. The average Bonchev–Trinajstić information content (AvgIpc) is 3.41. The van der Waals surface area contributed by atoms with Gasteiger partial charge in [0.2, 0.25) is 0 Å². The van der Waals surface area contributed by atoms with Crippen molar-refractivity contribution in [2.45, 2.75) is 25.2 Å². The number of nitrogens with one attached hydrogen (secondary N) is 3. The molecule has 4 rings (SSSR count). The molecule has 0 saturated carbocycles. The van der Waals surface area contributed by atoms with Crippen LogP contribution in [0.25, 0.3) is 10.9 Å². The predicted molar refractivity (Wildman–Crippen MR) is 116 cm³/mol. The summed E-state index contributed by atoms with van der Waals surface area (Å²) < 4.78 is 0. The largest absolute Gasteiger partial charge is 0.361 e. The van der Waals surface area contributed by atoms with Gasteiger partial charge in [0.1, 0.15) is 0 Å². The van der Waals surface area contributed by atoms with Crippen LogP contribution in [-0.4, -0.2) is 70.6 Å². The van der Waals surface area contributed by atoms with Crippen molar-refractivity contribution in [3.8, 4) is 0 Å². The minimum absolute atomic E-state index is 0.0560. The Bertz CT molecular complexity index is 1040. The van der Waals surface area contributed by atoms with Crippen LogP contribution in [0.3, 0.4) is 0 Å². The second kappa shape index (κ2) is 8.61. The molecule has 1 aliphatic heterocycles. The first kappa shape index (κ1) is 20.0. The summed E-state index contributed by atoms with van der Waals surface area (Å²) in [5, 5.41) is 11.3. The molecule has 3 amide bonds. The minimum Gasteiger partial charge on any atom is -0.361 e. The number of carbonyl (C=O) groups is 2. The molecule has 3 N–H and O–H groups in total. The third kappa shape index (κ3) is 4.03. The van der Waals surface area contributed by atoms with E-state index >= 15 is 0 Å². The van der Waals surface area contributed by atoms with Crippen LogP contribution in [0.2, 0.25) is 0 Å². The number of H-pyrrole nitrogens is 2. The van der Waals surface area contributed by atoms with Crippen LogP contribution in [0.5, 0.6) is 0 Å². The van der Waals surface area contributed by atoms with E-state index in [1.54, 1.807) is 25.2 Å². The molecule has 2 aromatic heterocycles. The van der Waals surface area contributed by atoms with Crippen LogP contribution in [-0.2, 0) is 6.42 Å². The predicted octanol–water partition coefficient (Wildman–Crippen LogP) is 2.72. The van der Waals surface area contributed by atoms with E-state index in [-0.39, 0.29) is 17.9 Å². The highest BCUT2D eigenvalue weighted by Gasteiger charge is 2.29. The van der Waals surface area contributed by atoms with Crippen molar-refractivity contribution in [3.05, 3.63) is 53.5 Å². The Morgan fingerprint density at radius 3 is 2.97 bits per heavy atom. The molecule has 1 fully saturated rings. The number of aromatic nitrogens is 3. The lowest BCUT2D eigenvalue weighted by atomic mass is 9.92. The van der Waals surface area contributed by atoms with E-state index in [0.717, 1.165) is 37.0 Å². The molecule has 0 radical (unpaired) electrons. The van der Waals surface area contributed by atoms with Gasteiger partial charge in [-0.3, -0.25) is 9.89 Å². The van der Waals surface area contributed by atoms with Gasteiger partial charge in [-0.25, -0.2) is 4.79 Å². The van der Waals surface area contributed by atoms with Crippen LogP contribution in [0.15, 0.2) is 36.7 Å². The second-order valence-electron chi connectivity index (χ2n) is 8.02. The van der Waals surface area contributed by atoms with Crippen molar-refractivity contribution in [2.75, 3.05) is 33.7 Å². The Morgan fingerprint density at radius 2 is 2.13 bits per heavy atom. The van der Waals surface area contributed by atoms with Gasteiger partial charge in [-0.15, -0.1) is 0 Å². The highest BCUT2D eigenvalue weighted by atomic mass is 16.2. The number of hydrogen-bond donors (Lipinski definition) is 3. The average molecular weight is 409 g/mol. The van der Waals surface area contributed by atoms with E-state index in [2.05, 4.69) is 32.6 Å². The van der Waals surface area contributed by atoms with Gasteiger partial charge >= 0.3 is 6.03 Å². The van der Waals surface area contributed by atoms with Crippen LogP contribution in [0, 0.1) is 0 Å². The van der Waals surface area contributed by atoms with Crippen LogP contribution < -0.4 is 5.32 Å². The molecule has 0 aliphatic carbocycles. The molecule has 0 bridgehead atoms. The van der Waals surface area contributed by atoms with Gasteiger partial charge < -0.3 is 20.1 Å². The van der Waals surface area contributed by atoms with Gasteiger partial charge in [0, 0.05) is 56.7 Å². The first-order valence-electron chi connectivity index (χ1n) is 10.4. The van der Waals surface area contributed by atoms with Crippen molar-refractivity contribution in [1.82, 2.24) is 30.3 Å². The first-order valence-corrected chi connectivity index (χ1v) is 10.4. The zero-order chi connectivity index (χ0) is 21.1. The Labute approximate surface area is 175 Å². The molecule has 1 unspecified atom stereocenters. The summed E-state index contributed by atoms with van der Waals surface area (Å²) in [7, 11) is 3.46. The van der Waals surface area contributed by atoms with Crippen molar-refractivity contribution in [3.63, 3.8) is 0 Å². The van der Waals surface area contributed by atoms with Gasteiger partial charge in [0.15, 0.2) is 0 Å². The minimum atomic E-state index is -0.0703. The lowest BCUT2D eigenvalue weighted by Crippen LogP contribution is -2.45.